The Morgan fingerprint density at radius 3 is 2.91 bits per heavy atom. The molecule has 1 atom stereocenters. The lowest BCUT2D eigenvalue weighted by atomic mass is 10.1. The Balaban J connectivity index is 1.50. The van der Waals surface area contributed by atoms with Gasteiger partial charge in [-0.15, -0.1) is 0 Å². The maximum atomic E-state index is 12.2. The molecule has 0 N–H and O–H groups in total. The summed E-state index contributed by atoms with van der Waals surface area (Å²) in [5.74, 6) is 0.483. The second kappa shape index (κ2) is 7.58. The van der Waals surface area contributed by atoms with Crippen LogP contribution in [0.15, 0.2) is 48.9 Å². The van der Waals surface area contributed by atoms with Gasteiger partial charge in [-0.1, -0.05) is 30.3 Å². The van der Waals surface area contributed by atoms with Crippen LogP contribution < -0.4 is 4.74 Å². The van der Waals surface area contributed by atoms with Gasteiger partial charge in [-0.3, -0.25) is 4.98 Å². The molecule has 1 aromatic heterocycles. The van der Waals surface area contributed by atoms with Crippen molar-refractivity contribution in [2.45, 2.75) is 25.6 Å². The van der Waals surface area contributed by atoms with Crippen LogP contribution in [0, 0.1) is 0 Å². The molecule has 0 aliphatic carbocycles. The molecule has 120 valence electrons. The number of piperidine rings is 1. The summed E-state index contributed by atoms with van der Waals surface area (Å²) in [6.07, 6.45) is 6.15. The van der Waals surface area contributed by atoms with Crippen LogP contribution in [0.4, 0.5) is 4.79 Å². The van der Waals surface area contributed by atoms with Crippen molar-refractivity contribution in [1.29, 1.82) is 0 Å². The fourth-order valence-corrected chi connectivity index (χ4v) is 2.53. The summed E-state index contributed by atoms with van der Waals surface area (Å²) in [6, 6.07) is 9.65. The monoisotopic (exact) mass is 313 g/mol. The van der Waals surface area contributed by atoms with Gasteiger partial charge in [0.2, 0.25) is 5.88 Å². The van der Waals surface area contributed by atoms with E-state index in [4.69, 9.17) is 9.47 Å². The molecule has 0 spiro atoms. The predicted octanol–water partition coefficient (Wildman–Crippen LogP) is 2.66. The minimum Gasteiger partial charge on any atom is -0.471 e. The summed E-state index contributed by atoms with van der Waals surface area (Å²) in [5, 5.41) is 0. The van der Waals surface area contributed by atoms with Crippen molar-refractivity contribution < 1.29 is 14.3 Å². The number of hydrogen-bond acceptors (Lipinski definition) is 5. The maximum Gasteiger partial charge on any atom is 0.410 e. The van der Waals surface area contributed by atoms with Crippen LogP contribution in [-0.2, 0) is 11.3 Å². The molecule has 3 rings (SSSR count). The lowest BCUT2D eigenvalue weighted by Gasteiger charge is -2.31. The fourth-order valence-electron chi connectivity index (χ4n) is 2.53. The van der Waals surface area contributed by atoms with Gasteiger partial charge in [-0.05, 0) is 18.4 Å². The summed E-state index contributed by atoms with van der Waals surface area (Å²) in [4.78, 5) is 22.0. The first-order chi connectivity index (χ1) is 11.3. The summed E-state index contributed by atoms with van der Waals surface area (Å²) < 4.78 is 11.1. The number of rotatable bonds is 4. The molecule has 1 aliphatic rings. The molecule has 6 heteroatoms. The highest BCUT2D eigenvalue weighted by atomic mass is 16.6. The van der Waals surface area contributed by atoms with Gasteiger partial charge in [0.15, 0.2) is 0 Å². The van der Waals surface area contributed by atoms with Crippen molar-refractivity contribution >= 4 is 6.09 Å². The molecule has 2 aromatic rings. The molecule has 1 aromatic carbocycles. The van der Waals surface area contributed by atoms with Crippen LogP contribution in [0.2, 0.25) is 0 Å². The molecular formula is C17H19N3O3. The van der Waals surface area contributed by atoms with Crippen molar-refractivity contribution in [1.82, 2.24) is 14.9 Å². The third-order valence-electron chi connectivity index (χ3n) is 3.67. The van der Waals surface area contributed by atoms with E-state index in [1.807, 2.05) is 30.3 Å². The zero-order valence-corrected chi connectivity index (χ0v) is 12.8. The van der Waals surface area contributed by atoms with Gasteiger partial charge in [0.05, 0.1) is 12.7 Å². The number of likely N-dealkylation sites (tertiary alicyclic amines) is 1. The molecule has 0 bridgehead atoms. The second-order valence-electron chi connectivity index (χ2n) is 5.41. The third-order valence-corrected chi connectivity index (χ3v) is 3.67. The number of nitrogens with zero attached hydrogens (tertiary/aromatic N) is 3. The molecule has 1 saturated heterocycles. The lowest BCUT2D eigenvalue weighted by Crippen LogP contribution is -2.44. The first-order valence-corrected chi connectivity index (χ1v) is 7.69. The van der Waals surface area contributed by atoms with Crippen LogP contribution in [0.25, 0.3) is 0 Å². The number of benzene rings is 1. The minimum atomic E-state index is -0.304. The molecule has 6 nitrogen and oxygen atoms in total. The van der Waals surface area contributed by atoms with Gasteiger partial charge < -0.3 is 14.4 Å². The van der Waals surface area contributed by atoms with Crippen LogP contribution in [0.5, 0.6) is 5.88 Å². The highest BCUT2D eigenvalue weighted by Gasteiger charge is 2.26. The Bertz CT molecular complexity index is 621. The van der Waals surface area contributed by atoms with E-state index in [1.54, 1.807) is 23.5 Å². The topological polar surface area (TPSA) is 64.5 Å². The molecule has 23 heavy (non-hydrogen) atoms. The molecule has 1 unspecified atom stereocenters. The van der Waals surface area contributed by atoms with Crippen molar-refractivity contribution in [3.8, 4) is 5.88 Å². The maximum absolute atomic E-state index is 12.2. The van der Waals surface area contributed by atoms with E-state index in [9.17, 15) is 4.79 Å². The first-order valence-electron chi connectivity index (χ1n) is 7.69. The highest BCUT2D eigenvalue weighted by Crippen LogP contribution is 2.17. The third kappa shape index (κ3) is 4.42. The average molecular weight is 313 g/mol. The Morgan fingerprint density at radius 2 is 2.13 bits per heavy atom. The van der Waals surface area contributed by atoms with E-state index in [0.717, 1.165) is 18.4 Å². The first kappa shape index (κ1) is 15.3. The summed E-state index contributed by atoms with van der Waals surface area (Å²) in [6.45, 7) is 1.48. The average Bonchev–Trinajstić information content (AvgIpc) is 2.62. The highest BCUT2D eigenvalue weighted by molar-refractivity contribution is 5.67. The van der Waals surface area contributed by atoms with E-state index >= 15 is 0 Å². The second-order valence-corrected chi connectivity index (χ2v) is 5.41. The van der Waals surface area contributed by atoms with Gasteiger partial charge in [-0.25, -0.2) is 9.78 Å². The number of hydrogen-bond donors (Lipinski definition) is 0. The Kier molecular flexibility index (Phi) is 5.03. The molecule has 0 saturated carbocycles. The van der Waals surface area contributed by atoms with Crippen molar-refractivity contribution in [2.75, 3.05) is 13.1 Å². The van der Waals surface area contributed by atoms with Gasteiger partial charge in [0.25, 0.3) is 0 Å². The number of aromatic nitrogens is 2. The van der Waals surface area contributed by atoms with Gasteiger partial charge in [-0.2, -0.15) is 0 Å². The molecule has 1 fully saturated rings. The van der Waals surface area contributed by atoms with E-state index in [0.29, 0.717) is 19.0 Å². The van der Waals surface area contributed by atoms with E-state index in [1.165, 1.54) is 0 Å². The zero-order chi connectivity index (χ0) is 15.9. The number of amides is 1. The number of carbonyl (C=O) groups is 1. The fraction of sp³-hybridized carbons (Fsp3) is 0.353. The normalized spacial score (nSPS) is 17.6. The van der Waals surface area contributed by atoms with Crippen LogP contribution in [0.3, 0.4) is 0 Å². The summed E-state index contributed by atoms with van der Waals surface area (Å²) in [7, 11) is 0. The SMILES string of the molecule is O=C(OCc1ccccc1)N1CCCC(Oc2cnccn2)C1. The Morgan fingerprint density at radius 1 is 1.26 bits per heavy atom. The largest absolute Gasteiger partial charge is 0.471 e. The number of carbonyl (C=O) groups excluding carboxylic acids is 1. The van der Waals surface area contributed by atoms with Crippen LogP contribution in [-0.4, -0.2) is 40.2 Å². The van der Waals surface area contributed by atoms with E-state index < -0.39 is 0 Å². The van der Waals surface area contributed by atoms with Gasteiger partial charge in [0, 0.05) is 18.9 Å². The smallest absolute Gasteiger partial charge is 0.410 e. The van der Waals surface area contributed by atoms with Crippen molar-refractivity contribution in [3.05, 3.63) is 54.5 Å². The molecule has 0 radical (unpaired) electrons. The standard InChI is InChI=1S/C17H19N3O3/c21-17(22-13-14-5-2-1-3-6-14)20-10-4-7-15(12-20)23-16-11-18-8-9-19-16/h1-3,5-6,8-9,11,15H,4,7,10,12-13H2. The zero-order valence-electron chi connectivity index (χ0n) is 12.8. The van der Waals surface area contributed by atoms with Gasteiger partial charge in [0.1, 0.15) is 12.7 Å². The molecule has 1 aliphatic heterocycles. The van der Waals surface area contributed by atoms with Crippen LogP contribution >= 0.6 is 0 Å². The van der Waals surface area contributed by atoms with Crippen molar-refractivity contribution in [3.63, 3.8) is 0 Å². The van der Waals surface area contributed by atoms with E-state index in [-0.39, 0.29) is 18.8 Å². The minimum absolute atomic E-state index is 0.0790. The molecular weight excluding hydrogens is 294 g/mol. The predicted molar refractivity (Wildman–Crippen MR) is 83.9 cm³/mol. The Labute approximate surface area is 135 Å². The summed E-state index contributed by atoms with van der Waals surface area (Å²) in [5.41, 5.74) is 0.977. The van der Waals surface area contributed by atoms with Crippen molar-refractivity contribution in [2.24, 2.45) is 0 Å². The Hall–Kier alpha value is -2.63. The molecule has 1 amide bonds. The lowest BCUT2D eigenvalue weighted by molar-refractivity contribution is 0.0535. The van der Waals surface area contributed by atoms with Crippen LogP contribution in [0.1, 0.15) is 18.4 Å². The quantitative estimate of drug-likeness (QED) is 0.868. The summed E-state index contributed by atoms with van der Waals surface area (Å²) >= 11 is 0. The molecule has 2 heterocycles. The van der Waals surface area contributed by atoms with E-state index in [2.05, 4.69) is 9.97 Å². The van der Waals surface area contributed by atoms with Gasteiger partial charge >= 0.3 is 6.09 Å². The number of ether oxygens (including phenoxy) is 2.